The molecule has 1 aliphatic rings. The number of nitrogens with two attached hydrogens (primary N) is 1. The second-order valence-corrected chi connectivity index (χ2v) is 3.54. The summed E-state index contributed by atoms with van der Waals surface area (Å²) >= 11 is 0. The van der Waals surface area contributed by atoms with Crippen LogP contribution >= 0.6 is 0 Å². The summed E-state index contributed by atoms with van der Waals surface area (Å²) < 4.78 is 5.05. The summed E-state index contributed by atoms with van der Waals surface area (Å²) in [6.45, 7) is 1.74. The van der Waals surface area contributed by atoms with Crippen molar-refractivity contribution in [2.24, 2.45) is 5.73 Å². The highest BCUT2D eigenvalue weighted by molar-refractivity contribution is 5.80. The van der Waals surface area contributed by atoms with Crippen molar-refractivity contribution in [2.45, 2.75) is 37.8 Å². The minimum Gasteiger partial charge on any atom is -0.481 e. The molecule has 1 heterocycles. The number of nitrogens with one attached hydrogen (secondary N) is 1. The number of carboxylic acid groups (broad SMARTS) is 2. The van der Waals surface area contributed by atoms with E-state index in [0.29, 0.717) is 0 Å². The fourth-order valence-corrected chi connectivity index (χ4v) is 1.25. The number of hydrogen-bond acceptors (Lipinski definition) is 5. The van der Waals surface area contributed by atoms with E-state index in [0.717, 1.165) is 0 Å². The van der Waals surface area contributed by atoms with E-state index >= 15 is 0 Å². The molecule has 4 unspecified atom stereocenters. The van der Waals surface area contributed by atoms with Crippen molar-refractivity contribution in [3.8, 4) is 0 Å². The van der Waals surface area contributed by atoms with E-state index in [1.165, 1.54) is 0 Å². The standard InChI is InChI=1S/C8H14N2O5/c1-3(9)6-7(15-6)10-4(8(13)14)2-5(11)12/h3-4,6-7,10H,2,9H2,1H3,(H,11,12)(H,13,14). The lowest BCUT2D eigenvalue weighted by Crippen LogP contribution is -2.42. The van der Waals surface area contributed by atoms with Gasteiger partial charge < -0.3 is 20.7 Å². The first-order valence-corrected chi connectivity index (χ1v) is 4.53. The Morgan fingerprint density at radius 3 is 2.47 bits per heavy atom. The van der Waals surface area contributed by atoms with Crippen LogP contribution in [-0.2, 0) is 14.3 Å². The van der Waals surface area contributed by atoms with Gasteiger partial charge in [-0.05, 0) is 6.92 Å². The third kappa shape index (κ3) is 3.46. The molecule has 5 N–H and O–H groups in total. The van der Waals surface area contributed by atoms with Crippen LogP contribution in [0.2, 0.25) is 0 Å². The molecular weight excluding hydrogens is 204 g/mol. The molecule has 0 saturated carbocycles. The van der Waals surface area contributed by atoms with Gasteiger partial charge in [-0.15, -0.1) is 0 Å². The summed E-state index contributed by atoms with van der Waals surface area (Å²) in [7, 11) is 0. The highest BCUT2D eigenvalue weighted by atomic mass is 16.6. The lowest BCUT2D eigenvalue weighted by Gasteiger charge is -2.10. The zero-order chi connectivity index (χ0) is 11.6. The summed E-state index contributed by atoms with van der Waals surface area (Å²) in [5, 5.41) is 19.8. The number of carboxylic acids is 2. The van der Waals surface area contributed by atoms with Gasteiger partial charge in [0.05, 0.1) is 6.42 Å². The molecule has 15 heavy (non-hydrogen) atoms. The number of aliphatic carboxylic acids is 2. The lowest BCUT2D eigenvalue weighted by molar-refractivity contribution is -0.146. The third-order valence-corrected chi connectivity index (χ3v) is 2.09. The van der Waals surface area contributed by atoms with E-state index in [4.69, 9.17) is 20.7 Å². The van der Waals surface area contributed by atoms with Crippen molar-refractivity contribution < 1.29 is 24.5 Å². The van der Waals surface area contributed by atoms with Crippen LogP contribution in [0.5, 0.6) is 0 Å². The van der Waals surface area contributed by atoms with Crippen molar-refractivity contribution in [3.63, 3.8) is 0 Å². The van der Waals surface area contributed by atoms with Gasteiger partial charge in [-0.3, -0.25) is 14.9 Å². The van der Waals surface area contributed by atoms with Crippen molar-refractivity contribution in [1.29, 1.82) is 0 Å². The zero-order valence-electron chi connectivity index (χ0n) is 8.21. The Morgan fingerprint density at radius 1 is 1.53 bits per heavy atom. The fourth-order valence-electron chi connectivity index (χ4n) is 1.25. The first-order valence-electron chi connectivity index (χ1n) is 4.53. The van der Waals surface area contributed by atoms with Crippen LogP contribution in [-0.4, -0.2) is 46.6 Å². The normalized spacial score (nSPS) is 28.1. The van der Waals surface area contributed by atoms with Crippen molar-refractivity contribution in [3.05, 3.63) is 0 Å². The molecule has 0 bridgehead atoms. The van der Waals surface area contributed by atoms with E-state index in [2.05, 4.69) is 5.32 Å². The highest BCUT2D eigenvalue weighted by Crippen LogP contribution is 2.22. The minimum atomic E-state index is -1.21. The number of carbonyl (C=O) groups is 2. The third-order valence-electron chi connectivity index (χ3n) is 2.09. The van der Waals surface area contributed by atoms with E-state index in [9.17, 15) is 9.59 Å². The van der Waals surface area contributed by atoms with Gasteiger partial charge in [0.15, 0.2) is 0 Å². The molecule has 0 amide bonds. The maximum atomic E-state index is 10.7. The molecule has 86 valence electrons. The average Bonchev–Trinajstić information content (AvgIpc) is 2.81. The van der Waals surface area contributed by atoms with Gasteiger partial charge in [0.1, 0.15) is 18.4 Å². The molecule has 1 saturated heterocycles. The number of ether oxygens (including phenoxy) is 1. The van der Waals surface area contributed by atoms with Crippen LogP contribution in [0.1, 0.15) is 13.3 Å². The monoisotopic (exact) mass is 218 g/mol. The number of rotatable bonds is 6. The topological polar surface area (TPSA) is 125 Å². The molecule has 7 heteroatoms. The summed E-state index contributed by atoms with van der Waals surface area (Å²) in [4.78, 5) is 21.0. The Balaban J connectivity index is 2.40. The van der Waals surface area contributed by atoms with Crippen molar-refractivity contribution in [1.82, 2.24) is 5.32 Å². The lowest BCUT2D eigenvalue weighted by atomic mass is 10.2. The summed E-state index contributed by atoms with van der Waals surface area (Å²) in [5.41, 5.74) is 5.51. The average molecular weight is 218 g/mol. The molecule has 0 spiro atoms. The Hall–Kier alpha value is -1.18. The van der Waals surface area contributed by atoms with E-state index in [-0.39, 0.29) is 12.1 Å². The molecule has 1 aliphatic heterocycles. The van der Waals surface area contributed by atoms with Gasteiger partial charge in [0.25, 0.3) is 0 Å². The van der Waals surface area contributed by atoms with Crippen LogP contribution in [0, 0.1) is 0 Å². The predicted octanol–water partition coefficient (Wildman–Crippen LogP) is -1.42. The van der Waals surface area contributed by atoms with Crippen LogP contribution in [0.4, 0.5) is 0 Å². The summed E-state index contributed by atoms with van der Waals surface area (Å²) in [6.07, 6.45) is -1.17. The fraction of sp³-hybridized carbons (Fsp3) is 0.750. The molecule has 0 aromatic carbocycles. The first-order chi connectivity index (χ1) is 6.91. The van der Waals surface area contributed by atoms with E-state index in [1.807, 2.05) is 0 Å². The van der Waals surface area contributed by atoms with Gasteiger partial charge in [0.2, 0.25) is 0 Å². The molecule has 1 fully saturated rings. The van der Waals surface area contributed by atoms with Crippen molar-refractivity contribution >= 4 is 11.9 Å². The summed E-state index contributed by atoms with van der Waals surface area (Å²) in [6, 6.07) is -1.35. The first kappa shape index (κ1) is 11.9. The van der Waals surface area contributed by atoms with Gasteiger partial charge in [-0.25, -0.2) is 0 Å². The molecule has 0 radical (unpaired) electrons. The SMILES string of the molecule is CC(N)C1OC1NC(CC(=O)O)C(=O)O. The maximum Gasteiger partial charge on any atom is 0.321 e. The summed E-state index contributed by atoms with van der Waals surface area (Å²) in [5.74, 6) is -2.38. The predicted molar refractivity (Wildman–Crippen MR) is 49.1 cm³/mol. The Labute approximate surface area is 86.2 Å². The molecular formula is C8H14N2O5. The Bertz CT molecular complexity index is 268. The van der Waals surface area contributed by atoms with Crippen LogP contribution in [0.15, 0.2) is 0 Å². The number of hydrogen-bond donors (Lipinski definition) is 4. The Kier molecular flexibility index (Phi) is 3.61. The second-order valence-electron chi connectivity index (χ2n) is 3.54. The van der Waals surface area contributed by atoms with Crippen LogP contribution in [0.3, 0.4) is 0 Å². The molecule has 4 atom stereocenters. The van der Waals surface area contributed by atoms with E-state index < -0.39 is 30.6 Å². The van der Waals surface area contributed by atoms with Crippen molar-refractivity contribution in [2.75, 3.05) is 0 Å². The zero-order valence-corrected chi connectivity index (χ0v) is 8.21. The van der Waals surface area contributed by atoms with Crippen LogP contribution in [0.25, 0.3) is 0 Å². The molecule has 1 rings (SSSR count). The Morgan fingerprint density at radius 2 is 2.13 bits per heavy atom. The molecule has 0 aromatic heterocycles. The molecule has 0 aliphatic carbocycles. The van der Waals surface area contributed by atoms with Gasteiger partial charge in [0, 0.05) is 6.04 Å². The van der Waals surface area contributed by atoms with Gasteiger partial charge >= 0.3 is 11.9 Å². The van der Waals surface area contributed by atoms with Gasteiger partial charge in [-0.1, -0.05) is 0 Å². The smallest absolute Gasteiger partial charge is 0.321 e. The minimum absolute atomic E-state index is 0.207. The number of epoxide rings is 1. The van der Waals surface area contributed by atoms with Crippen LogP contribution < -0.4 is 11.1 Å². The quantitative estimate of drug-likeness (QED) is 0.403. The van der Waals surface area contributed by atoms with Gasteiger partial charge in [-0.2, -0.15) is 0 Å². The molecule has 0 aromatic rings. The molecule has 7 nitrogen and oxygen atoms in total. The van der Waals surface area contributed by atoms with E-state index in [1.54, 1.807) is 6.92 Å². The maximum absolute atomic E-state index is 10.7. The largest absolute Gasteiger partial charge is 0.481 e. The second kappa shape index (κ2) is 4.56. The highest BCUT2D eigenvalue weighted by Gasteiger charge is 2.44.